The van der Waals surface area contributed by atoms with Crippen LogP contribution in [0.15, 0.2) is 18.2 Å². The van der Waals surface area contributed by atoms with Crippen molar-refractivity contribution in [2.24, 2.45) is 5.73 Å². The molecule has 2 nitrogen and oxygen atoms in total. The molecule has 0 aliphatic carbocycles. The van der Waals surface area contributed by atoms with Gasteiger partial charge >= 0.3 is 0 Å². The lowest BCUT2D eigenvalue weighted by Gasteiger charge is -2.38. The maximum Gasteiger partial charge on any atom is 0.124 e. The molecule has 16 heavy (non-hydrogen) atoms. The van der Waals surface area contributed by atoms with Crippen LogP contribution in [0.5, 0.6) is 5.75 Å². The molecule has 0 saturated heterocycles. The molecule has 2 N–H and O–H groups in total. The first-order chi connectivity index (χ1) is 7.58. The smallest absolute Gasteiger partial charge is 0.124 e. The van der Waals surface area contributed by atoms with E-state index in [-0.39, 0.29) is 11.6 Å². The van der Waals surface area contributed by atoms with Crippen molar-refractivity contribution in [2.75, 3.05) is 0 Å². The normalized spacial score (nSPS) is 28.4. The SMILES string of the molecule is CCc1ccc2c(c1)C(N)CC(C)(CC)O2. The molecule has 1 heterocycles. The van der Waals surface area contributed by atoms with Gasteiger partial charge in [-0.15, -0.1) is 0 Å². The first kappa shape index (κ1) is 11.5. The summed E-state index contributed by atoms with van der Waals surface area (Å²) in [5.41, 5.74) is 8.65. The van der Waals surface area contributed by atoms with E-state index in [1.54, 1.807) is 0 Å². The summed E-state index contributed by atoms with van der Waals surface area (Å²) in [6.07, 6.45) is 2.95. The predicted molar refractivity (Wildman–Crippen MR) is 66.7 cm³/mol. The number of ether oxygens (including phenoxy) is 1. The van der Waals surface area contributed by atoms with E-state index in [0.717, 1.165) is 25.0 Å². The van der Waals surface area contributed by atoms with Crippen LogP contribution < -0.4 is 10.5 Å². The minimum atomic E-state index is -0.0971. The molecular formula is C14H21NO. The summed E-state index contributed by atoms with van der Waals surface area (Å²) < 4.78 is 6.06. The molecule has 2 unspecified atom stereocenters. The van der Waals surface area contributed by atoms with Gasteiger partial charge in [0.2, 0.25) is 0 Å². The molecule has 2 rings (SSSR count). The summed E-state index contributed by atoms with van der Waals surface area (Å²) >= 11 is 0. The number of hydrogen-bond donors (Lipinski definition) is 1. The number of nitrogens with two attached hydrogens (primary N) is 1. The zero-order valence-corrected chi connectivity index (χ0v) is 10.4. The summed E-state index contributed by atoms with van der Waals surface area (Å²) in [6.45, 7) is 6.45. The van der Waals surface area contributed by atoms with Crippen molar-refractivity contribution >= 4 is 0 Å². The Labute approximate surface area is 97.8 Å². The highest BCUT2D eigenvalue weighted by Gasteiger charge is 2.34. The van der Waals surface area contributed by atoms with Gasteiger partial charge in [-0.25, -0.2) is 0 Å². The van der Waals surface area contributed by atoms with Gasteiger partial charge in [0.1, 0.15) is 11.4 Å². The average Bonchev–Trinajstić information content (AvgIpc) is 2.28. The summed E-state index contributed by atoms with van der Waals surface area (Å²) in [6, 6.07) is 6.50. The van der Waals surface area contributed by atoms with Crippen molar-refractivity contribution in [1.82, 2.24) is 0 Å². The van der Waals surface area contributed by atoms with Crippen LogP contribution in [0.4, 0.5) is 0 Å². The highest BCUT2D eigenvalue weighted by atomic mass is 16.5. The van der Waals surface area contributed by atoms with Gasteiger partial charge in [0.15, 0.2) is 0 Å². The maximum absolute atomic E-state index is 6.24. The van der Waals surface area contributed by atoms with Gasteiger partial charge in [0.25, 0.3) is 0 Å². The minimum absolute atomic E-state index is 0.0971. The van der Waals surface area contributed by atoms with E-state index in [4.69, 9.17) is 10.5 Å². The Hall–Kier alpha value is -1.02. The van der Waals surface area contributed by atoms with E-state index >= 15 is 0 Å². The van der Waals surface area contributed by atoms with Gasteiger partial charge in [0.05, 0.1) is 0 Å². The summed E-state index contributed by atoms with van der Waals surface area (Å²) in [7, 11) is 0. The highest BCUT2D eigenvalue weighted by Crippen LogP contribution is 2.40. The van der Waals surface area contributed by atoms with Gasteiger partial charge in [-0.05, 0) is 31.4 Å². The van der Waals surface area contributed by atoms with Crippen molar-refractivity contribution < 1.29 is 4.74 Å². The molecule has 0 aromatic heterocycles. The van der Waals surface area contributed by atoms with Crippen LogP contribution in [0.3, 0.4) is 0 Å². The van der Waals surface area contributed by atoms with Crippen LogP contribution in [0, 0.1) is 0 Å². The highest BCUT2D eigenvalue weighted by molar-refractivity contribution is 5.41. The standard InChI is InChI=1S/C14H21NO/c1-4-10-6-7-13-11(8-10)12(15)9-14(3,5-2)16-13/h6-8,12H,4-5,9,15H2,1-3H3. The van der Waals surface area contributed by atoms with E-state index in [1.165, 1.54) is 11.1 Å². The Kier molecular flexibility index (Phi) is 2.94. The van der Waals surface area contributed by atoms with E-state index in [9.17, 15) is 0 Å². The third-order valence-corrected chi connectivity index (χ3v) is 3.64. The summed E-state index contributed by atoms with van der Waals surface area (Å²) in [5, 5.41) is 0. The molecule has 0 radical (unpaired) electrons. The molecular weight excluding hydrogens is 198 g/mol. The molecule has 2 atom stereocenters. The van der Waals surface area contributed by atoms with Crippen molar-refractivity contribution in [2.45, 2.75) is 51.7 Å². The molecule has 0 bridgehead atoms. The van der Waals surface area contributed by atoms with Crippen LogP contribution in [0.1, 0.15) is 50.8 Å². The summed E-state index contributed by atoms with van der Waals surface area (Å²) in [5.74, 6) is 0.973. The number of fused-ring (bicyclic) bond motifs is 1. The third-order valence-electron chi connectivity index (χ3n) is 3.64. The van der Waals surface area contributed by atoms with E-state index in [0.29, 0.717) is 0 Å². The van der Waals surface area contributed by atoms with Crippen molar-refractivity contribution in [3.63, 3.8) is 0 Å². The first-order valence-electron chi connectivity index (χ1n) is 6.15. The van der Waals surface area contributed by atoms with E-state index in [1.807, 2.05) is 0 Å². The Morgan fingerprint density at radius 1 is 1.44 bits per heavy atom. The first-order valence-corrected chi connectivity index (χ1v) is 6.15. The molecule has 0 spiro atoms. The van der Waals surface area contributed by atoms with Crippen LogP contribution in [0.25, 0.3) is 0 Å². The number of rotatable bonds is 2. The van der Waals surface area contributed by atoms with E-state index in [2.05, 4.69) is 39.0 Å². The van der Waals surface area contributed by atoms with Crippen LogP contribution in [-0.4, -0.2) is 5.60 Å². The number of hydrogen-bond acceptors (Lipinski definition) is 2. The molecule has 1 aromatic rings. The van der Waals surface area contributed by atoms with Gasteiger partial charge in [-0.2, -0.15) is 0 Å². The zero-order valence-electron chi connectivity index (χ0n) is 10.4. The molecule has 2 heteroatoms. The van der Waals surface area contributed by atoms with Gasteiger partial charge < -0.3 is 10.5 Å². The molecule has 0 amide bonds. The second-order valence-corrected chi connectivity index (χ2v) is 4.94. The molecule has 88 valence electrons. The fourth-order valence-corrected chi connectivity index (χ4v) is 2.30. The minimum Gasteiger partial charge on any atom is -0.487 e. The van der Waals surface area contributed by atoms with Crippen LogP contribution in [-0.2, 0) is 6.42 Å². The largest absolute Gasteiger partial charge is 0.487 e. The monoisotopic (exact) mass is 219 g/mol. The van der Waals surface area contributed by atoms with Gasteiger partial charge in [-0.3, -0.25) is 0 Å². The van der Waals surface area contributed by atoms with Crippen molar-refractivity contribution in [1.29, 1.82) is 0 Å². The Morgan fingerprint density at radius 2 is 2.19 bits per heavy atom. The topological polar surface area (TPSA) is 35.2 Å². The maximum atomic E-state index is 6.24. The lowest BCUT2D eigenvalue weighted by molar-refractivity contribution is 0.0503. The zero-order chi connectivity index (χ0) is 11.8. The molecule has 1 aliphatic rings. The van der Waals surface area contributed by atoms with Crippen molar-refractivity contribution in [3.8, 4) is 5.75 Å². The number of benzene rings is 1. The molecule has 1 aliphatic heterocycles. The third kappa shape index (κ3) is 1.94. The Morgan fingerprint density at radius 3 is 2.81 bits per heavy atom. The Balaban J connectivity index is 2.38. The number of aryl methyl sites for hydroxylation is 1. The molecule has 1 aromatic carbocycles. The fraction of sp³-hybridized carbons (Fsp3) is 0.571. The Bertz CT molecular complexity index is 388. The second kappa shape index (κ2) is 4.10. The van der Waals surface area contributed by atoms with Crippen LogP contribution >= 0.6 is 0 Å². The lowest BCUT2D eigenvalue weighted by atomic mass is 9.86. The quantitative estimate of drug-likeness (QED) is 0.829. The fourth-order valence-electron chi connectivity index (χ4n) is 2.30. The van der Waals surface area contributed by atoms with Gasteiger partial charge in [-0.1, -0.05) is 26.0 Å². The van der Waals surface area contributed by atoms with E-state index < -0.39 is 0 Å². The second-order valence-electron chi connectivity index (χ2n) is 4.94. The van der Waals surface area contributed by atoms with Crippen molar-refractivity contribution in [3.05, 3.63) is 29.3 Å². The average molecular weight is 219 g/mol. The van der Waals surface area contributed by atoms with Gasteiger partial charge in [0, 0.05) is 18.0 Å². The lowest BCUT2D eigenvalue weighted by Crippen LogP contribution is -2.39. The predicted octanol–water partition coefficient (Wildman–Crippen LogP) is 3.20. The molecule has 0 fully saturated rings. The molecule has 0 saturated carbocycles. The summed E-state index contributed by atoms with van der Waals surface area (Å²) in [4.78, 5) is 0. The van der Waals surface area contributed by atoms with Crippen LogP contribution in [0.2, 0.25) is 0 Å².